The largest absolute Gasteiger partial charge is 0.388 e. The van der Waals surface area contributed by atoms with Crippen LogP contribution in [0.25, 0.3) is 0 Å². The Morgan fingerprint density at radius 3 is 2.44 bits per heavy atom. The highest BCUT2D eigenvalue weighted by Gasteiger charge is 2.39. The summed E-state index contributed by atoms with van der Waals surface area (Å²) in [5.74, 6) is 0. The molecule has 1 atom stereocenters. The van der Waals surface area contributed by atoms with E-state index in [1.54, 1.807) is 0 Å². The third-order valence-corrected chi connectivity index (χ3v) is 4.56. The van der Waals surface area contributed by atoms with Gasteiger partial charge in [0.2, 0.25) is 0 Å². The molecule has 1 aliphatic carbocycles. The molecule has 1 saturated carbocycles. The second-order valence-electron chi connectivity index (χ2n) is 5.89. The first-order chi connectivity index (χ1) is 8.59. The van der Waals surface area contributed by atoms with E-state index >= 15 is 0 Å². The Kier molecular flexibility index (Phi) is 4.08. The topological polar surface area (TPSA) is 46.2 Å². The van der Waals surface area contributed by atoms with Crippen molar-refractivity contribution >= 4 is 0 Å². The van der Waals surface area contributed by atoms with Crippen LogP contribution in [-0.4, -0.2) is 11.7 Å². The minimum atomic E-state index is -0.414. The highest BCUT2D eigenvalue weighted by atomic mass is 16.3. The maximum absolute atomic E-state index is 10.8. The molecular weight excluding hydrogens is 222 g/mol. The monoisotopic (exact) mass is 247 g/mol. The van der Waals surface area contributed by atoms with Crippen molar-refractivity contribution in [3.05, 3.63) is 34.9 Å². The molecule has 0 aromatic heterocycles. The quantitative estimate of drug-likeness (QED) is 0.861. The summed E-state index contributed by atoms with van der Waals surface area (Å²) in [5, 5.41) is 10.8. The molecule has 1 unspecified atom stereocenters. The van der Waals surface area contributed by atoms with Gasteiger partial charge < -0.3 is 10.8 Å². The number of aryl methyl sites for hydroxylation is 2. The Balaban J connectivity index is 2.30. The molecule has 18 heavy (non-hydrogen) atoms. The fraction of sp³-hybridized carbons (Fsp3) is 0.625. The van der Waals surface area contributed by atoms with Gasteiger partial charge in [-0.1, -0.05) is 43.0 Å². The van der Waals surface area contributed by atoms with Crippen molar-refractivity contribution in [2.45, 2.75) is 52.1 Å². The van der Waals surface area contributed by atoms with Gasteiger partial charge in [-0.2, -0.15) is 0 Å². The average Bonchev–Trinajstić information content (AvgIpc) is 2.39. The normalized spacial score (nSPS) is 20.7. The van der Waals surface area contributed by atoms with Gasteiger partial charge >= 0.3 is 0 Å². The predicted octanol–water partition coefficient (Wildman–Crippen LogP) is 3.25. The average molecular weight is 247 g/mol. The summed E-state index contributed by atoms with van der Waals surface area (Å²) in [6.45, 7) is 4.75. The van der Waals surface area contributed by atoms with Crippen molar-refractivity contribution in [1.29, 1.82) is 0 Å². The van der Waals surface area contributed by atoms with Crippen LogP contribution < -0.4 is 5.73 Å². The van der Waals surface area contributed by atoms with Crippen molar-refractivity contribution in [3.8, 4) is 0 Å². The van der Waals surface area contributed by atoms with Crippen molar-refractivity contribution in [1.82, 2.24) is 0 Å². The van der Waals surface area contributed by atoms with Crippen LogP contribution in [0.15, 0.2) is 18.2 Å². The van der Waals surface area contributed by atoms with Gasteiger partial charge in [0, 0.05) is 12.0 Å². The number of hydrogen-bond acceptors (Lipinski definition) is 2. The van der Waals surface area contributed by atoms with E-state index in [0.717, 1.165) is 18.4 Å². The molecule has 0 bridgehead atoms. The lowest BCUT2D eigenvalue weighted by atomic mass is 9.68. The van der Waals surface area contributed by atoms with Crippen LogP contribution in [0, 0.1) is 19.3 Å². The zero-order chi connectivity index (χ0) is 13.2. The molecule has 0 heterocycles. The van der Waals surface area contributed by atoms with Crippen LogP contribution in [0.1, 0.15) is 54.9 Å². The molecule has 0 aliphatic heterocycles. The summed E-state index contributed by atoms with van der Waals surface area (Å²) < 4.78 is 0. The Bertz CT molecular complexity index is 408. The Hall–Kier alpha value is -0.860. The van der Waals surface area contributed by atoms with Crippen molar-refractivity contribution in [2.24, 2.45) is 11.1 Å². The number of aliphatic hydroxyl groups is 1. The molecule has 2 nitrogen and oxygen atoms in total. The molecule has 0 spiro atoms. The van der Waals surface area contributed by atoms with Crippen molar-refractivity contribution in [2.75, 3.05) is 6.54 Å². The number of benzene rings is 1. The van der Waals surface area contributed by atoms with Crippen LogP contribution in [0.4, 0.5) is 0 Å². The SMILES string of the molecule is Cc1ccc(C(O)C2(CN)CCCCC2)c(C)c1. The maximum Gasteiger partial charge on any atom is 0.0860 e. The predicted molar refractivity (Wildman–Crippen MR) is 75.4 cm³/mol. The highest BCUT2D eigenvalue weighted by Crippen LogP contribution is 2.45. The van der Waals surface area contributed by atoms with Crippen LogP contribution >= 0.6 is 0 Å². The second-order valence-corrected chi connectivity index (χ2v) is 5.89. The first-order valence-corrected chi connectivity index (χ1v) is 7.04. The molecule has 3 N–H and O–H groups in total. The summed E-state index contributed by atoms with van der Waals surface area (Å²) >= 11 is 0. The number of aliphatic hydroxyl groups excluding tert-OH is 1. The van der Waals surface area contributed by atoms with E-state index in [4.69, 9.17) is 5.73 Å². The minimum Gasteiger partial charge on any atom is -0.388 e. The lowest BCUT2D eigenvalue weighted by Gasteiger charge is -2.41. The van der Waals surface area contributed by atoms with Gasteiger partial charge in [0.1, 0.15) is 0 Å². The molecule has 1 aromatic rings. The van der Waals surface area contributed by atoms with Crippen LogP contribution in [0.2, 0.25) is 0 Å². The minimum absolute atomic E-state index is 0.0989. The van der Waals surface area contributed by atoms with E-state index in [2.05, 4.69) is 32.0 Å². The second kappa shape index (κ2) is 5.41. The van der Waals surface area contributed by atoms with Crippen LogP contribution in [-0.2, 0) is 0 Å². The zero-order valence-corrected chi connectivity index (χ0v) is 11.6. The Morgan fingerprint density at radius 1 is 1.22 bits per heavy atom. The summed E-state index contributed by atoms with van der Waals surface area (Å²) in [7, 11) is 0. The van der Waals surface area contributed by atoms with Gasteiger partial charge in [0.25, 0.3) is 0 Å². The first-order valence-electron chi connectivity index (χ1n) is 7.04. The molecule has 0 amide bonds. The lowest BCUT2D eigenvalue weighted by Crippen LogP contribution is -2.38. The third kappa shape index (κ3) is 2.45. The van der Waals surface area contributed by atoms with Gasteiger partial charge in [0.15, 0.2) is 0 Å². The molecule has 2 rings (SSSR count). The fourth-order valence-corrected chi connectivity index (χ4v) is 3.31. The van der Waals surface area contributed by atoms with Gasteiger partial charge in [0.05, 0.1) is 6.10 Å². The summed E-state index contributed by atoms with van der Waals surface area (Å²) in [6.07, 6.45) is 5.36. The maximum atomic E-state index is 10.8. The van der Waals surface area contributed by atoms with E-state index in [1.807, 2.05) is 0 Å². The van der Waals surface area contributed by atoms with E-state index < -0.39 is 6.10 Å². The Morgan fingerprint density at radius 2 is 1.89 bits per heavy atom. The summed E-state index contributed by atoms with van der Waals surface area (Å²) in [6, 6.07) is 6.30. The van der Waals surface area contributed by atoms with E-state index in [1.165, 1.54) is 30.4 Å². The smallest absolute Gasteiger partial charge is 0.0860 e. The van der Waals surface area contributed by atoms with Gasteiger partial charge in [-0.05, 0) is 37.8 Å². The number of nitrogens with two attached hydrogens (primary N) is 1. The zero-order valence-electron chi connectivity index (χ0n) is 11.6. The van der Waals surface area contributed by atoms with Crippen LogP contribution in [0.5, 0.6) is 0 Å². The lowest BCUT2D eigenvalue weighted by molar-refractivity contribution is 0.000297. The molecule has 0 saturated heterocycles. The molecule has 100 valence electrons. The van der Waals surface area contributed by atoms with Gasteiger partial charge in [-0.15, -0.1) is 0 Å². The molecule has 1 aromatic carbocycles. The molecule has 0 radical (unpaired) electrons. The third-order valence-electron chi connectivity index (χ3n) is 4.56. The molecule has 1 aliphatic rings. The standard InChI is InChI=1S/C16H25NO/c1-12-6-7-14(13(2)10-12)15(18)16(11-17)8-4-3-5-9-16/h6-7,10,15,18H,3-5,8-9,11,17H2,1-2H3. The summed E-state index contributed by atoms with van der Waals surface area (Å²) in [4.78, 5) is 0. The van der Waals surface area contributed by atoms with Gasteiger partial charge in [-0.25, -0.2) is 0 Å². The van der Waals surface area contributed by atoms with Crippen LogP contribution in [0.3, 0.4) is 0 Å². The molecule has 1 fully saturated rings. The fourth-order valence-electron chi connectivity index (χ4n) is 3.31. The first kappa shape index (κ1) is 13.6. The number of hydrogen-bond donors (Lipinski definition) is 2. The van der Waals surface area contributed by atoms with E-state index in [0.29, 0.717) is 6.54 Å². The van der Waals surface area contributed by atoms with E-state index in [-0.39, 0.29) is 5.41 Å². The van der Waals surface area contributed by atoms with Gasteiger partial charge in [-0.3, -0.25) is 0 Å². The Labute approximate surface area is 110 Å². The molecule has 2 heteroatoms. The highest BCUT2D eigenvalue weighted by molar-refractivity contribution is 5.33. The summed E-state index contributed by atoms with van der Waals surface area (Å²) in [5.41, 5.74) is 9.39. The molecular formula is C16H25NO. The van der Waals surface area contributed by atoms with E-state index in [9.17, 15) is 5.11 Å². The van der Waals surface area contributed by atoms with Crippen molar-refractivity contribution < 1.29 is 5.11 Å². The van der Waals surface area contributed by atoms with Crippen molar-refractivity contribution in [3.63, 3.8) is 0 Å². The number of rotatable bonds is 3.